The number of anilines is 1. The Morgan fingerprint density at radius 1 is 0.853 bits per heavy atom. The Morgan fingerprint density at radius 2 is 1.35 bits per heavy atom. The third kappa shape index (κ3) is 5.15. The van der Waals surface area contributed by atoms with Gasteiger partial charge in [-0.2, -0.15) is 9.55 Å². The molecule has 4 aromatic rings. The summed E-state index contributed by atoms with van der Waals surface area (Å²) < 4.78 is 2.25. The Hall–Kier alpha value is -3.58. The van der Waals surface area contributed by atoms with Crippen LogP contribution in [0.4, 0.5) is 5.82 Å². The summed E-state index contributed by atoms with van der Waals surface area (Å²) in [4.78, 5) is 44.7. The molecule has 34 heavy (non-hydrogen) atoms. The van der Waals surface area contributed by atoms with Gasteiger partial charge in [0.05, 0.1) is 0 Å². The Morgan fingerprint density at radius 3 is 1.82 bits per heavy atom. The van der Waals surface area contributed by atoms with Crippen LogP contribution in [0.25, 0.3) is 22.3 Å². The number of rotatable bonds is 1. The van der Waals surface area contributed by atoms with E-state index in [0.717, 1.165) is 9.13 Å². The van der Waals surface area contributed by atoms with Crippen molar-refractivity contribution in [2.45, 2.75) is 0 Å². The molecule has 11 nitrogen and oxygen atoms in total. The van der Waals surface area contributed by atoms with E-state index in [-0.39, 0.29) is 16.1 Å². The third-order valence-corrected chi connectivity index (χ3v) is 4.32. The molecule has 4 aromatic heterocycles. The monoisotopic (exact) mass is 697 g/mol. The van der Waals surface area contributed by atoms with Crippen molar-refractivity contribution in [1.29, 1.82) is 0 Å². The zero-order valence-corrected chi connectivity index (χ0v) is 22.6. The summed E-state index contributed by atoms with van der Waals surface area (Å²) >= 11 is 9.17. The molecule has 0 amide bonds. The van der Waals surface area contributed by atoms with Crippen LogP contribution in [0.2, 0.25) is 0 Å². The van der Waals surface area contributed by atoms with E-state index in [1.807, 2.05) is 0 Å². The van der Waals surface area contributed by atoms with Crippen molar-refractivity contribution in [2.75, 3.05) is 19.0 Å². The van der Waals surface area contributed by atoms with Crippen molar-refractivity contribution in [2.24, 2.45) is 0 Å². The molecular formula is C20H13I2N9O2S. The van der Waals surface area contributed by atoms with Crippen LogP contribution < -0.4 is 16.3 Å². The van der Waals surface area contributed by atoms with Gasteiger partial charge in [-0.25, -0.2) is 24.1 Å². The molecule has 4 heterocycles. The van der Waals surface area contributed by atoms with E-state index in [2.05, 4.69) is 91.1 Å². The van der Waals surface area contributed by atoms with Gasteiger partial charge in [-0.3, -0.25) is 4.98 Å². The molecule has 0 aromatic carbocycles. The molecule has 0 saturated heterocycles. The van der Waals surface area contributed by atoms with E-state index in [1.165, 1.54) is 0 Å². The molecule has 0 atom stereocenters. The van der Waals surface area contributed by atoms with Gasteiger partial charge >= 0.3 is 11.4 Å². The summed E-state index contributed by atoms with van der Waals surface area (Å²) in [5.41, 5.74) is 0.503. The fraction of sp³-hybridized carbons (Fsp3) is 0.100. The van der Waals surface area contributed by atoms with Gasteiger partial charge in [-0.05, 0) is 11.8 Å². The number of fused-ring (bicyclic) bond motifs is 2. The second kappa shape index (κ2) is 11.5. The minimum absolute atomic E-state index is 0.232. The maximum Gasteiger partial charge on any atom is 0.363 e. The van der Waals surface area contributed by atoms with Crippen molar-refractivity contribution >= 4 is 77.6 Å². The summed E-state index contributed by atoms with van der Waals surface area (Å²) in [7, 11) is 3.52. The number of H-pyrrole nitrogens is 3. The van der Waals surface area contributed by atoms with Crippen LogP contribution in [-0.2, 0) is 0 Å². The van der Waals surface area contributed by atoms with Crippen molar-refractivity contribution in [1.82, 2.24) is 39.0 Å². The largest absolute Gasteiger partial charge is 0.363 e. The minimum Gasteiger partial charge on any atom is -0.361 e. The number of imidazole rings is 2. The highest BCUT2D eigenvalue weighted by Crippen LogP contribution is 2.18. The summed E-state index contributed by atoms with van der Waals surface area (Å²) in [6, 6.07) is 4.39. The average Bonchev–Trinajstić information content (AvgIpc) is 3.45. The fourth-order valence-electron chi connectivity index (χ4n) is 2.66. The zero-order chi connectivity index (χ0) is 25.6. The lowest BCUT2D eigenvalue weighted by atomic mass is 10.4. The number of hydrogen-bond donors (Lipinski definition) is 3. The summed E-state index contributed by atoms with van der Waals surface area (Å²) in [6.45, 7) is 0. The first kappa shape index (κ1) is 26.7. The quantitative estimate of drug-likeness (QED) is 0.156. The third-order valence-electron chi connectivity index (χ3n) is 4.02. The Bertz CT molecular complexity index is 1730. The van der Waals surface area contributed by atoms with Crippen molar-refractivity contribution in [3.05, 3.63) is 37.3 Å². The summed E-state index contributed by atoms with van der Waals surface area (Å²) in [5, 5.41) is 0. The minimum atomic E-state index is -0.557. The molecular weight excluding hydrogens is 684 g/mol. The predicted molar refractivity (Wildman–Crippen MR) is 150 cm³/mol. The molecule has 0 unspecified atom stereocenters. The highest BCUT2D eigenvalue weighted by molar-refractivity contribution is 15.0. The number of terminal acetylenes is 4. The maximum absolute atomic E-state index is 11.7. The van der Waals surface area contributed by atoms with Crippen LogP contribution in [0, 0.1) is 54.3 Å². The van der Waals surface area contributed by atoms with E-state index in [4.69, 9.17) is 37.9 Å². The van der Waals surface area contributed by atoms with Crippen LogP contribution in [0.1, 0.15) is 11.6 Å². The molecule has 0 aliphatic carbocycles. The number of aromatic nitrogens is 8. The van der Waals surface area contributed by atoms with Crippen molar-refractivity contribution < 1.29 is 0 Å². The number of hydrogen-bond acceptors (Lipinski definition) is 7. The average molecular weight is 697 g/mol. The van der Waals surface area contributed by atoms with E-state index in [9.17, 15) is 9.59 Å². The molecule has 0 radical (unpaired) electrons. The van der Waals surface area contributed by atoms with Gasteiger partial charge in [0.1, 0.15) is 15.7 Å². The first-order valence-corrected chi connectivity index (χ1v) is 15.4. The topological polar surface area (TPSA) is 133 Å². The van der Waals surface area contributed by atoms with Gasteiger partial charge < -0.3 is 14.9 Å². The van der Waals surface area contributed by atoms with Crippen LogP contribution in [-0.4, -0.2) is 53.1 Å². The van der Waals surface area contributed by atoms with Gasteiger partial charge in [0.25, 0.3) is 0 Å². The molecule has 3 N–H and O–H groups in total. The lowest BCUT2D eigenvalue weighted by Gasteiger charge is -2.11. The zero-order valence-electron chi connectivity index (χ0n) is 17.5. The van der Waals surface area contributed by atoms with Gasteiger partial charge in [0.15, 0.2) is 28.8 Å². The Balaban J connectivity index is 0.000000225. The number of aromatic amines is 3. The lowest BCUT2D eigenvalue weighted by Crippen LogP contribution is -2.24. The molecule has 0 spiro atoms. The van der Waals surface area contributed by atoms with E-state index >= 15 is 0 Å². The van der Waals surface area contributed by atoms with Gasteiger partial charge in [0.2, 0.25) is 0 Å². The molecule has 4 rings (SSSR count). The molecule has 0 bridgehead atoms. The number of nitrogens with zero attached hydrogens (tertiary/aromatic N) is 6. The second-order valence-electron chi connectivity index (χ2n) is 6.16. The number of halogens is 2. The summed E-state index contributed by atoms with van der Waals surface area (Å²) in [6.07, 6.45) is 20.8. The Kier molecular flexibility index (Phi) is 9.04. The Labute approximate surface area is 221 Å². The van der Waals surface area contributed by atoms with Crippen LogP contribution in [0.3, 0.4) is 0 Å². The first-order chi connectivity index (χ1) is 16.2. The van der Waals surface area contributed by atoms with E-state index in [0.29, 0.717) is 28.3 Å². The lowest BCUT2D eigenvalue weighted by molar-refractivity contribution is 0.950. The first-order valence-electron chi connectivity index (χ1n) is 8.71. The van der Waals surface area contributed by atoms with Gasteiger partial charge in [-0.15, -0.1) is 12.8 Å². The molecule has 14 heteroatoms. The summed E-state index contributed by atoms with van der Waals surface area (Å²) in [5.74, 6) is 5.69. The van der Waals surface area contributed by atoms with Crippen molar-refractivity contribution in [3.63, 3.8) is 0 Å². The predicted octanol–water partition coefficient (Wildman–Crippen LogP) is 1.58. The molecule has 0 fully saturated rings. The van der Waals surface area contributed by atoms with Crippen molar-refractivity contribution in [3.8, 4) is 49.6 Å². The van der Waals surface area contributed by atoms with Crippen LogP contribution in [0.5, 0.6) is 0 Å². The molecule has 0 aliphatic heterocycles. The molecule has 0 saturated carbocycles. The highest BCUT2D eigenvalue weighted by Gasteiger charge is 2.15. The van der Waals surface area contributed by atoms with Gasteiger partial charge in [0, 0.05) is 63.4 Å². The van der Waals surface area contributed by atoms with E-state index in [1.54, 1.807) is 19.0 Å². The molecule has 0 aliphatic rings. The van der Waals surface area contributed by atoms with Crippen LogP contribution >= 0.6 is 49.4 Å². The second-order valence-corrected chi connectivity index (χ2v) is 6.57. The smallest absolute Gasteiger partial charge is 0.361 e. The normalized spacial score (nSPS) is 9.41. The maximum atomic E-state index is 11.7. The fourth-order valence-corrected chi connectivity index (χ4v) is 2.89. The van der Waals surface area contributed by atoms with Crippen LogP contribution in [0.15, 0.2) is 9.59 Å². The van der Waals surface area contributed by atoms with Gasteiger partial charge in [-0.1, -0.05) is 25.1 Å². The molecule has 170 valence electrons. The van der Waals surface area contributed by atoms with E-state index < -0.39 is 11.4 Å². The number of nitrogens with one attached hydrogen (secondary N) is 3. The SMILES string of the molecule is C#Cc1nc2c([nH]1)c(=S)[nH]c(=O)n2C#C.C#Cc1nc2c([nH]1)c(N(C)C)nc(=O)n2C#C.II. The standard InChI is InChI=1S/C11H9N5O.C9H4N4OS.I2/c1-5-7-12-8-9(15(3)4)14-11(17)16(6-2)10(8)13-7;1-3-5-10-6-7(11-5)13(4-2)9(14)12-8(6)15;1-2/h1-2H,3-4H3,(H,12,13);1-2H,(H,10,11)(H,12,14,15);. The highest BCUT2D eigenvalue weighted by atomic mass is 128.